The molecule has 2 heterocycles. The second-order valence-electron chi connectivity index (χ2n) is 3.90. The highest BCUT2D eigenvalue weighted by atomic mass is 15.1. The van der Waals surface area contributed by atoms with Crippen LogP contribution in [0.3, 0.4) is 0 Å². The molecule has 0 aliphatic heterocycles. The molecular formula is C11H17N5. The Bertz CT molecular complexity index is 400. The van der Waals surface area contributed by atoms with Crippen molar-refractivity contribution in [1.82, 2.24) is 25.1 Å². The summed E-state index contributed by atoms with van der Waals surface area (Å²) in [6.07, 6.45) is 6.61. The first kappa shape index (κ1) is 10.9. The zero-order valence-corrected chi connectivity index (χ0v) is 9.70. The van der Waals surface area contributed by atoms with Crippen LogP contribution < -0.4 is 5.32 Å². The van der Waals surface area contributed by atoms with Crippen LogP contribution in [0.4, 0.5) is 0 Å². The number of imidazole rings is 1. The Kier molecular flexibility index (Phi) is 3.36. The van der Waals surface area contributed by atoms with Crippen LogP contribution in [-0.2, 0) is 20.0 Å². The Hall–Kier alpha value is -1.62. The molecule has 0 amide bonds. The van der Waals surface area contributed by atoms with Crippen LogP contribution in [0, 0.1) is 6.92 Å². The molecule has 0 fully saturated rings. The van der Waals surface area contributed by atoms with Gasteiger partial charge in [-0.3, -0.25) is 5.10 Å². The first-order valence-corrected chi connectivity index (χ1v) is 5.43. The second-order valence-corrected chi connectivity index (χ2v) is 3.90. The molecule has 2 aromatic heterocycles. The normalized spacial score (nSPS) is 10.9. The summed E-state index contributed by atoms with van der Waals surface area (Å²) in [4.78, 5) is 4.27. The predicted molar refractivity (Wildman–Crippen MR) is 61.9 cm³/mol. The van der Waals surface area contributed by atoms with Crippen molar-refractivity contribution in [2.24, 2.45) is 7.05 Å². The van der Waals surface area contributed by atoms with E-state index < -0.39 is 0 Å². The van der Waals surface area contributed by atoms with Crippen LogP contribution >= 0.6 is 0 Å². The molecule has 5 nitrogen and oxygen atoms in total. The number of aryl methyl sites for hydroxylation is 2. The molecule has 0 radical (unpaired) electrons. The Labute approximate surface area is 94.9 Å². The maximum atomic E-state index is 4.27. The summed E-state index contributed by atoms with van der Waals surface area (Å²) in [5.41, 5.74) is 2.35. The first-order valence-electron chi connectivity index (χ1n) is 5.43. The van der Waals surface area contributed by atoms with E-state index >= 15 is 0 Å². The lowest BCUT2D eigenvalue weighted by molar-refractivity contribution is 0.653. The third-order valence-electron chi connectivity index (χ3n) is 2.70. The molecule has 0 unspecified atom stereocenters. The summed E-state index contributed by atoms with van der Waals surface area (Å²) in [5.74, 6) is 1.11. The molecule has 2 N–H and O–H groups in total. The highest BCUT2D eigenvalue weighted by molar-refractivity contribution is 5.13. The molecule has 0 atom stereocenters. The monoisotopic (exact) mass is 219 g/mol. The molecule has 0 aliphatic carbocycles. The number of hydrogen-bond acceptors (Lipinski definition) is 3. The van der Waals surface area contributed by atoms with Crippen LogP contribution in [-0.4, -0.2) is 26.3 Å². The largest absolute Gasteiger partial charge is 0.338 e. The molecule has 0 aliphatic rings. The molecule has 2 aromatic rings. The average molecular weight is 219 g/mol. The van der Waals surface area contributed by atoms with Gasteiger partial charge in [-0.05, 0) is 6.92 Å². The van der Waals surface area contributed by atoms with Gasteiger partial charge in [-0.25, -0.2) is 4.98 Å². The van der Waals surface area contributed by atoms with Gasteiger partial charge in [0.25, 0.3) is 0 Å². The Morgan fingerprint density at radius 2 is 2.38 bits per heavy atom. The number of hydrogen-bond donors (Lipinski definition) is 2. The van der Waals surface area contributed by atoms with Crippen molar-refractivity contribution in [1.29, 1.82) is 0 Å². The summed E-state index contributed by atoms with van der Waals surface area (Å²) in [6, 6.07) is 0. The van der Waals surface area contributed by atoms with Crippen LogP contribution in [0.25, 0.3) is 0 Å². The third-order valence-corrected chi connectivity index (χ3v) is 2.70. The van der Waals surface area contributed by atoms with Crippen LogP contribution in [0.1, 0.15) is 17.1 Å². The van der Waals surface area contributed by atoms with Crippen molar-refractivity contribution in [3.63, 3.8) is 0 Å². The zero-order valence-electron chi connectivity index (χ0n) is 9.70. The van der Waals surface area contributed by atoms with Gasteiger partial charge in [-0.15, -0.1) is 0 Å². The Balaban J connectivity index is 1.74. The molecule has 0 saturated carbocycles. The topological polar surface area (TPSA) is 58.5 Å². The standard InChI is InChI=1S/C11H17N5/c1-9-10(8-14-15-9)7-12-4-3-11-13-5-6-16(11)2/h5-6,8,12H,3-4,7H2,1-2H3,(H,14,15). The van der Waals surface area contributed by atoms with Crippen molar-refractivity contribution in [2.75, 3.05) is 6.54 Å². The fraction of sp³-hybridized carbons (Fsp3) is 0.455. The maximum absolute atomic E-state index is 4.27. The smallest absolute Gasteiger partial charge is 0.109 e. The summed E-state index contributed by atoms with van der Waals surface area (Å²) in [7, 11) is 2.02. The fourth-order valence-electron chi connectivity index (χ4n) is 1.61. The van der Waals surface area contributed by atoms with Gasteiger partial charge in [0.2, 0.25) is 0 Å². The number of nitrogens with one attached hydrogen (secondary N) is 2. The fourth-order valence-corrected chi connectivity index (χ4v) is 1.61. The highest BCUT2D eigenvalue weighted by Gasteiger charge is 2.01. The highest BCUT2D eigenvalue weighted by Crippen LogP contribution is 2.01. The van der Waals surface area contributed by atoms with E-state index in [1.807, 2.05) is 37.1 Å². The van der Waals surface area contributed by atoms with E-state index in [2.05, 4.69) is 20.5 Å². The van der Waals surface area contributed by atoms with Gasteiger partial charge < -0.3 is 9.88 Å². The lowest BCUT2D eigenvalue weighted by atomic mass is 10.2. The summed E-state index contributed by atoms with van der Waals surface area (Å²) >= 11 is 0. The Morgan fingerprint density at radius 1 is 1.50 bits per heavy atom. The third kappa shape index (κ3) is 2.49. The SMILES string of the molecule is Cc1[nH]ncc1CNCCc1nccn1C. The van der Waals surface area contributed by atoms with Crippen molar-refractivity contribution < 1.29 is 0 Å². The average Bonchev–Trinajstić information content (AvgIpc) is 2.84. The van der Waals surface area contributed by atoms with E-state index in [9.17, 15) is 0 Å². The van der Waals surface area contributed by atoms with Crippen molar-refractivity contribution >= 4 is 0 Å². The first-order chi connectivity index (χ1) is 7.77. The lowest BCUT2D eigenvalue weighted by Gasteiger charge is -2.04. The number of rotatable bonds is 5. The minimum atomic E-state index is 0.854. The van der Waals surface area contributed by atoms with Crippen molar-refractivity contribution in [3.05, 3.63) is 35.7 Å². The maximum Gasteiger partial charge on any atom is 0.109 e. The van der Waals surface area contributed by atoms with Gasteiger partial charge >= 0.3 is 0 Å². The lowest BCUT2D eigenvalue weighted by Crippen LogP contribution is -2.18. The van der Waals surface area contributed by atoms with Crippen LogP contribution in [0.15, 0.2) is 18.6 Å². The Morgan fingerprint density at radius 3 is 3.00 bits per heavy atom. The molecule has 16 heavy (non-hydrogen) atoms. The van der Waals surface area contributed by atoms with Gasteiger partial charge in [0.1, 0.15) is 5.82 Å². The summed E-state index contributed by atoms with van der Waals surface area (Å²) < 4.78 is 2.05. The van der Waals surface area contributed by atoms with E-state index in [0.717, 1.165) is 31.0 Å². The van der Waals surface area contributed by atoms with Gasteiger partial charge in [-0.2, -0.15) is 5.10 Å². The minimum Gasteiger partial charge on any atom is -0.338 e. The molecule has 0 spiro atoms. The molecule has 0 bridgehead atoms. The van der Waals surface area contributed by atoms with Crippen molar-refractivity contribution in [3.8, 4) is 0 Å². The summed E-state index contributed by atoms with van der Waals surface area (Å²) in [6.45, 7) is 3.81. The van der Waals surface area contributed by atoms with Crippen molar-refractivity contribution in [2.45, 2.75) is 19.9 Å². The molecular weight excluding hydrogens is 202 g/mol. The molecule has 2 rings (SSSR count). The second kappa shape index (κ2) is 4.94. The number of aromatic nitrogens is 4. The summed E-state index contributed by atoms with van der Waals surface area (Å²) in [5, 5.41) is 10.3. The van der Waals surface area contributed by atoms with E-state index in [1.54, 1.807) is 0 Å². The van der Waals surface area contributed by atoms with Crippen LogP contribution in [0.2, 0.25) is 0 Å². The number of aromatic amines is 1. The van der Waals surface area contributed by atoms with E-state index in [0.29, 0.717) is 0 Å². The number of nitrogens with zero attached hydrogens (tertiary/aromatic N) is 3. The number of H-pyrrole nitrogens is 1. The van der Waals surface area contributed by atoms with E-state index in [1.165, 1.54) is 5.56 Å². The molecule has 0 saturated heterocycles. The van der Waals surface area contributed by atoms with Crippen LogP contribution in [0.5, 0.6) is 0 Å². The zero-order chi connectivity index (χ0) is 11.4. The van der Waals surface area contributed by atoms with E-state index in [4.69, 9.17) is 0 Å². The minimum absolute atomic E-state index is 0.854. The predicted octanol–water partition coefficient (Wildman–Crippen LogP) is 0.784. The molecule has 86 valence electrons. The van der Waals surface area contributed by atoms with Gasteiger partial charge in [0.15, 0.2) is 0 Å². The van der Waals surface area contributed by atoms with Gasteiger partial charge in [0.05, 0.1) is 6.20 Å². The molecule has 0 aromatic carbocycles. The van der Waals surface area contributed by atoms with E-state index in [-0.39, 0.29) is 0 Å². The quantitative estimate of drug-likeness (QED) is 0.731. The van der Waals surface area contributed by atoms with Gasteiger partial charge in [0, 0.05) is 50.2 Å². The molecule has 5 heteroatoms. The van der Waals surface area contributed by atoms with Gasteiger partial charge in [-0.1, -0.05) is 0 Å².